The topological polar surface area (TPSA) is 106 Å². The molecule has 0 bridgehead atoms. The molecule has 0 aliphatic heterocycles. The molecule has 0 aromatic carbocycles. The summed E-state index contributed by atoms with van der Waals surface area (Å²) >= 11 is 0. The van der Waals surface area contributed by atoms with E-state index in [2.05, 4.69) is 15.4 Å². The summed E-state index contributed by atoms with van der Waals surface area (Å²) in [7, 11) is 3.33. The fourth-order valence-electron chi connectivity index (χ4n) is 2.50. The number of carboxylic acid groups (broad SMARTS) is 1. The first-order chi connectivity index (χ1) is 11.4. The van der Waals surface area contributed by atoms with Gasteiger partial charge in [0.15, 0.2) is 0 Å². The zero-order valence-corrected chi connectivity index (χ0v) is 14.1. The summed E-state index contributed by atoms with van der Waals surface area (Å²) in [6, 6.07) is 2.77. The number of hydrogen-bond acceptors (Lipinski definition) is 5. The molecule has 24 heavy (non-hydrogen) atoms. The highest BCUT2D eigenvalue weighted by Crippen LogP contribution is 2.21. The maximum absolute atomic E-state index is 12.3. The van der Waals surface area contributed by atoms with Gasteiger partial charge in [0.2, 0.25) is 5.88 Å². The molecule has 0 radical (unpaired) electrons. The molecule has 0 saturated heterocycles. The first-order valence-electron chi connectivity index (χ1n) is 7.46. The molecule has 0 fully saturated rings. The van der Waals surface area contributed by atoms with Crippen LogP contribution >= 0.6 is 0 Å². The molecule has 2 heterocycles. The van der Waals surface area contributed by atoms with Crippen molar-refractivity contribution in [3.8, 4) is 5.88 Å². The van der Waals surface area contributed by atoms with Crippen molar-refractivity contribution in [1.29, 1.82) is 0 Å². The van der Waals surface area contributed by atoms with E-state index >= 15 is 0 Å². The van der Waals surface area contributed by atoms with E-state index in [-0.39, 0.29) is 23.7 Å². The third-order valence-corrected chi connectivity index (χ3v) is 3.67. The fraction of sp³-hybridized carbons (Fsp3) is 0.375. The molecule has 0 spiro atoms. The molecule has 0 aliphatic carbocycles. The van der Waals surface area contributed by atoms with Crippen molar-refractivity contribution < 1.29 is 19.4 Å². The van der Waals surface area contributed by atoms with E-state index in [4.69, 9.17) is 9.84 Å². The van der Waals surface area contributed by atoms with Crippen molar-refractivity contribution >= 4 is 11.9 Å². The van der Waals surface area contributed by atoms with Gasteiger partial charge in [-0.3, -0.25) is 4.79 Å². The number of nitrogens with zero attached hydrogens (tertiary/aromatic N) is 3. The van der Waals surface area contributed by atoms with E-state index in [0.717, 1.165) is 11.3 Å². The lowest BCUT2D eigenvalue weighted by Gasteiger charge is -2.08. The van der Waals surface area contributed by atoms with Crippen LogP contribution in [0.4, 0.5) is 0 Å². The summed E-state index contributed by atoms with van der Waals surface area (Å²) in [5.74, 6) is -0.861. The van der Waals surface area contributed by atoms with Crippen LogP contribution < -0.4 is 10.1 Å². The Morgan fingerprint density at radius 1 is 1.38 bits per heavy atom. The molecule has 8 nitrogen and oxygen atoms in total. The number of carboxylic acids is 1. The second-order valence-corrected chi connectivity index (χ2v) is 5.23. The summed E-state index contributed by atoms with van der Waals surface area (Å²) in [4.78, 5) is 27.3. The highest BCUT2D eigenvalue weighted by Gasteiger charge is 2.18. The number of ether oxygens (including phenoxy) is 1. The number of aromatic carboxylic acids is 1. The van der Waals surface area contributed by atoms with Gasteiger partial charge in [-0.05, 0) is 25.5 Å². The zero-order valence-electron chi connectivity index (χ0n) is 14.1. The third kappa shape index (κ3) is 3.37. The van der Waals surface area contributed by atoms with Gasteiger partial charge in [0.25, 0.3) is 5.91 Å². The number of methoxy groups -OCH3 is 1. The van der Waals surface area contributed by atoms with Gasteiger partial charge < -0.3 is 15.2 Å². The lowest BCUT2D eigenvalue weighted by molar-refractivity contribution is 0.0694. The van der Waals surface area contributed by atoms with Crippen LogP contribution in [0.2, 0.25) is 0 Å². The first-order valence-corrected chi connectivity index (χ1v) is 7.46. The molecule has 0 unspecified atom stereocenters. The Balaban J connectivity index is 2.17. The molecular formula is C16H20N4O4. The maximum Gasteiger partial charge on any atom is 0.337 e. The molecule has 8 heteroatoms. The van der Waals surface area contributed by atoms with Crippen molar-refractivity contribution in [2.75, 3.05) is 7.11 Å². The van der Waals surface area contributed by atoms with Gasteiger partial charge >= 0.3 is 5.97 Å². The Labute approximate surface area is 139 Å². The quantitative estimate of drug-likeness (QED) is 0.826. The largest absolute Gasteiger partial charge is 0.481 e. The number of aryl methyl sites for hydroxylation is 3. The average molecular weight is 332 g/mol. The predicted molar refractivity (Wildman–Crippen MR) is 86.2 cm³/mol. The number of nitrogens with one attached hydrogen (secondary N) is 1. The van der Waals surface area contributed by atoms with Crippen LogP contribution in [0.1, 0.15) is 44.7 Å². The molecule has 2 aromatic rings. The Hall–Kier alpha value is -2.90. The zero-order chi connectivity index (χ0) is 17.9. The van der Waals surface area contributed by atoms with Gasteiger partial charge in [0.05, 0.1) is 36.2 Å². The van der Waals surface area contributed by atoms with Gasteiger partial charge in [0, 0.05) is 7.05 Å². The fourth-order valence-corrected chi connectivity index (χ4v) is 2.50. The lowest BCUT2D eigenvalue weighted by Crippen LogP contribution is -2.25. The Morgan fingerprint density at radius 2 is 2.08 bits per heavy atom. The van der Waals surface area contributed by atoms with Crippen LogP contribution in [0.15, 0.2) is 12.1 Å². The third-order valence-electron chi connectivity index (χ3n) is 3.67. The van der Waals surface area contributed by atoms with Gasteiger partial charge in [-0.25, -0.2) is 14.5 Å². The van der Waals surface area contributed by atoms with E-state index in [0.29, 0.717) is 18.0 Å². The van der Waals surface area contributed by atoms with Crippen LogP contribution in [0, 0.1) is 6.92 Å². The van der Waals surface area contributed by atoms with Gasteiger partial charge in [-0.1, -0.05) is 6.92 Å². The van der Waals surface area contributed by atoms with Crippen molar-refractivity contribution in [2.45, 2.75) is 26.8 Å². The molecule has 2 rings (SSSR count). The van der Waals surface area contributed by atoms with Crippen LogP contribution in [0.3, 0.4) is 0 Å². The summed E-state index contributed by atoms with van der Waals surface area (Å²) < 4.78 is 6.96. The molecule has 0 saturated carbocycles. The Kier molecular flexibility index (Phi) is 5.18. The lowest BCUT2D eigenvalue weighted by atomic mass is 10.1. The van der Waals surface area contributed by atoms with E-state index in [9.17, 15) is 9.59 Å². The van der Waals surface area contributed by atoms with Crippen LogP contribution in [-0.4, -0.2) is 38.9 Å². The van der Waals surface area contributed by atoms with Gasteiger partial charge in [0.1, 0.15) is 5.69 Å². The molecule has 1 amide bonds. The van der Waals surface area contributed by atoms with Crippen molar-refractivity contribution in [2.24, 2.45) is 7.05 Å². The number of hydrogen-bond donors (Lipinski definition) is 2. The summed E-state index contributed by atoms with van der Waals surface area (Å²) in [6.45, 7) is 3.78. The maximum atomic E-state index is 12.3. The molecule has 0 aliphatic rings. The number of rotatable bonds is 6. The summed E-state index contributed by atoms with van der Waals surface area (Å²) in [6.07, 6.45) is 0.715. The molecule has 2 aromatic heterocycles. The summed E-state index contributed by atoms with van der Waals surface area (Å²) in [5.41, 5.74) is 2.20. The minimum absolute atomic E-state index is 0.0775. The van der Waals surface area contributed by atoms with Crippen LogP contribution in [-0.2, 0) is 20.0 Å². The van der Waals surface area contributed by atoms with Crippen molar-refractivity contribution in [3.05, 3.63) is 40.3 Å². The van der Waals surface area contributed by atoms with Crippen LogP contribution in [0.5, 0.6) is 5.88 Å². The van der Waals surface area contributed by atoms with Crippen LogP contribution in [0.25, 0.3) is 0 Å². The minimum Gasteiger partial charge on any atom is -0.481 e. The second kappa shape index (κ2) is 7.12. The standard InChI is InChI=1S/C16H20N4O4/c1-5-12-11(15(24-4)20(3)19-12)8-17-14(21)13-7-6-10(16(22)23)9(2)18-13/h6-7H,5,8H2,1-4H3,(H,17,21)(H,22,23). The highest BCUT2D eigenvalue weighted by molar-refractivity contribution is 5.94. The van der Waals surface area contributed by atoms with E-state index in [1.807, 2.05) is 6.92 Å². The monoisotopic (exact) mass is 332 g/mol. The SMILES string of the molecule is CCc1nn(C)c(OC)c1CNC(=O)c1ccc(C(=O)O)c(C)n1. The van der Waals surface area contributed by atoms with Crippen molar-refractivity contribution in [1.82, 2.24) is 20.1 Å². The molecular weight excluding hydrogens is 312 g/mol. The highest BCUT2D eigenvalue weighted by atomic mass is 16.5. The van der Waals surface area contributed by atoms with Crippen molar-refractivity contribution in [3.63, 3.8) is 0 Å². The number of pyridine rings is 1. The number of aromatic nitrogens is 3. The minimum atomic E-state index is -1.07. The van der Waals surface area contributed by atoms with E-state index in [1.54, 1.807) is 25.8 Å². The van der Waals surface area contributed by atoms with Gasteiger partial charge in [-0.15, -0.1) is 0 Å². The molecule has 2 N–H and O–H groups in total. The number of carbonyl (C=O) groups excluding carboxylic acids is 1. The summed E-state index contributed by atoms with van der Waals surface area (Å²) in [5, 5.41) is 16.1. The Bertz CT molecular complexity index is 783. The smallest absolute Gasteiger partial charge is 0.337 e. The number of carbonyl (C=O) groups is 2. The van der Waals surface area contributed by atoms with Gasteiger partial charge in [-0.2, -0.15) is 5.10 Å². The second-order valence-electron chi connectivity index (χ2n) is 5.23. The van der Waals surface area contributed by atoms with E-state index < -0.39 is 5.97 Å². The number of amides is 1. The average Bonchev–Trinajstić information content (AvgIpc) is 2.86. The Morgan fingerprint density at radius 3 is 2.62 bits per heavy atom. The first kappa shape index (κ1) is 17.5. The van der Waals surface area contributed by atoms with E-state index in [1.165, 1.54) is 12.1 Å². The molecule has 0 atom stereocenters. The predicted octanol–water partition coefficient (Wildman–Crippen LogP) is 1.32. The normalized spacial score (nSPS) is 10.5. The molecule has 128 valence electrons.